The fourth-order valence-electron chi connectivity index (χ4n) is 3.37. The van der Waals surface area contributed by atoms with Crippen LogP contribution in [0.15, 0.2) is 9.32 Å². The normalized spacial score (nSPS) is 25.0. The van der Waals surface area contributed by atoms with E-state index in [1.165, 1.54) is 4.57 Å². The standard InChI is InChI=1S/C15H21F4N3O2/c16-14(17)3-1-11(2-4-14)9-22-12(20-24-13(22)23)10-21-7-5-15(18,19)6-8-21/h11H,1-10H2. The van der Waals surface area contributed by atoms with Gasteiger partial charge in [0.25, 0.3) is 5.92 Å². The van der Waals surface area contributed by atoms with Gasteiger partial charge >= 0.3 is 5.76 Å². The second-order valence-electron chi connectivity index (χ2n) is 6.91. The minimum absolute atomic E-state index is 0.0221. The molecule has 1 saturated heterocycles. The number of hydrogen-bond acceptors (Lipinski definition) is 4. The van der Waals surface area contributed by atoms with Crippen molar-refractivity contribution >= 4 is 0 Å². The van der Waals surface area contributed by atoms with Gasteiger partial charge in [0.15, 0.2) is 5.82 Å². The average molecular weight is 351 g/mol. The summed E-state index contributed by atoms with van der Waals surface area (Å²) < 4.78 is 58.9. The van der Waals surface area contributed by atoms with Gasteiger partial charge in [-0.3, -0.25) is 14.0 Å². The molecular weight excluding hydrogens is 330 g/mol. The molecule has 24 heavy (non-hydrogen) atoms. The fraction of sp³-hybridized carbons (Fsp3) is 0.867. The fourth-order valence-corrected chi connectivity index (χ4v) is 3.37. The number of halogens is 4. The van der Waals surface area contributed by atoms with E-state index < -0.39 is 17.6 Å². The molecule has 2 fully saturated rings. The third-order valence-corrected chi connectivity index (χ3v) is 4.99. The molecule has 1 saturated carbocycles. The number of aromatic nitrogens is 2. The Balaban J connectivity index is 1.61. The Morgan fingerprint density at radius 1 is 1.04 bits per heavy atom. The summed E-state index contributed by atoms with van der Waals surface area (Å²) in [5.74, 6) is -5.51. The van der Waals surface area contributed by atoms with Gasteiger partial charge < -0.3 is 0 Å². The molecular formula is C15H21F4N3O2. The van der Waals surface area contributed by atoms with Crippen LogP contribution in [0.4, 0.5) is 17.6 Å². The number of likely N-dealkylation sites (tertiary alicyclic amines) is 1. The van der Waals surface area contributed by atoms with E-state index in [0.29, 0.717) is 18.7 Å². The summed E-state index contributed by atoms with van der Waals surface area (Å²) in [7, 11) is 0. The van der Waals surface area contributed by atoms with Gasteiger partial charge in [0, 0.05) is 45.3 Å². The highest BCUT2D eigenvalue weighted by Crippen LogP contribution is 2.36. The molecule has 0 radical (unpaired) electrons. The monoisotopic (exact) mass is 351 g/mol. The van der Waals surface area contributed by atoms with Crippen molar-refractivity contribution < 1.29 is 22.1 Å². The van der Waals surface area contributed by atoms with Gasteiger partial charge in [0.1, 0.15) is 0 Å². The highest BCUT2D eigenvalue weighted by molar-refractivity contribution is 4.89. The van der Waals surface area contributed by atoms with E-state index in [2.05, 4.69) is 5.16 Å². The zero-order valence-corrected chi connectivity index (χ0v) is 13.3. The molecule has 2 aliphatic rings. The van der Waals surface area contributed by atoms with Gasteiger partial charge in [-0.15, -0.1) is 0 Å². The van der Waals surface area contributed by atoms with Gasteiger partial charge in [0.2, 0.25) is 5.92 Å². The molecule has 1 aromatic rings. The summed E-state index contributed by atoms with van der Waals surface area (Å²) in [6.45, 7) is 0.996. The molecule has 136 valence electrons. The Labute approximate surface area is 136 Å². The van der Waals surface area contributed by atoms with E-state index in [4.69, 9.17) is 4.52 Å². The molecule has 0 atom stereocenters. The van der Waals surface area contributed by atoms with E-state index in [1.807, 2.05) is 0 Å². The minimum Gasteiger partial charge on any atom is -0.296 e. The Bertz CT molecular complexity index is 608. The van der Waals surface area contributed by atoms with Gasteiger partial charge in [-0.05, 0) is 18.8 Å². The second-order valence-corrected chi connectivity index (χ2v) is 6.91. The van der Waals surface area contributed by atoms with Gasteiger partial charge in [0.05, 0.1) is 6.54 Å². The van der Waals surface area contributed by atoms with Crippen molar-refractivity contribution in [1.29, 1.82) is 0 Å². The number of nitrogens with zero attached hydrogens (tertiary/aromatic N) is 3. The Kier molecular flexibility index (Phi) is 4.72. The number of rotatable bonds is 4. The van der Waals surface area contributed by atoms with Crippen molar-refractivity contribution in [2.75, 3.05) is 13.1 Å². The van der Waals surface area contributed by atoms with Crippen LogP contribution in [0.3, 0.4) is 0 Å². The van der Waals surface area contributed by atoms with Gasteiger partial charge in [-0.1, -0.05) is 5.16 Å². The van der Waals surface area contributed by atoms with Crippen molar-refractivity contribution in [3.8, 4) is 0 Å². The van der Waals surface area contributed by atoms with Crippen molar-refractivity contribution in [3.05, 3.63) is 16.4 Å². The zero-order valence-electron chi connectivity index (χ0n) is 13.3. The first-order valence-electron chi connectivity index (χ1n) is 8.27. The highest BCUT2D eigenvalue weighted by atomic mass is 19.3. The predicted molar refractivity (Wildman–Crippen MR) is 77.1 cm³/mol. The molecule has 3 rings (SSSR count). The lowest BCUT2D eigenvalue weighted by atomic mass is 9.87. The van der Waals surface area contributed by atoms with Crippen LogP contribution in [-0.4, -0.2) is 39.6 Å². The summed E-state index contributed by atoms with van der Waals surface area (Å²) in [5, 5.41) is 3.74. The Morgan fingerprint density at radius 3 is 2.25 bits per heavy atom. The van der Waals surface area contributed by atoms with Gasteiger partial charge in [-0.2, -0.15) is 0 Å². The molecule has 0 spiro atoms. The zero-order chi connectivity index (χ0) is 17.4. The van der Waals surface area contributed by atoms with Crippen molar-refractivity contribution in [2.24, 2.45) is 5.92 Å². The third-order valence-electron chi connectivity index (χ3n) is 4.99. The van der Waals surface area contributed by atoms with E-state index in [1.54, 1.807) is 4.90 Å². The maximum absolute atomic E-state index is 13.2. The van der Waals surface area contributed by atoms with Crippen LogP contribution in [0.2, 0.25) is 0 Å². The SMILES string of the molecule is O=c1onc(CN2CCC(F)(F)CC2)n1CC1CCC(F)(F)CC1. The summed E-state index contributed by atoms with van der Waals surface area (Å²) in [6.07, 6.45) is -0.0813. The van der Waals surface area contributed by atoms with Gasteiger partial charge in [-0.25, -0.2) is 22.4 Å². The Hall–Kier alpha value is -1.38. The number of alkyl halides is 4. The summed E-state index contributed by atoms with van der Waals surface area (Å²) in [6, 6.07) is 0. The maximum Gasteiger partial charge on any atom is 0.441 e. The summed E-state index contributed by atoms with van der Waals surface area (Å²) in [4.78, 5) is 13.6. The molecule has 0 N–H and O–H groups in total. The highest BCUT2D eigenvalue weighted by Gasteiger charge is 2.36. The van der Waals surface area contributed by atoms with Crippen LogP contribution in [0, 0.1) is 5.92 Å². The molecule has 0 unspecified atom stereocenters. The molecule has 1 aliphatic carbocycles. The average Bonchev–Trinajstić information content (AvgIpc) is 2.84. The van der Waals surface area contributed by atoms with E-state index in [0.717, 1.165) is 0 Å². The van der Waals surface area contributed by atoms with Crippen LogP contribution >= 0.6 is 0 Å². The van der Waals surface area contributed by atoms with Crippen molar-refractivity contribution in [1.82, 2.24) is 14.6 Å². The van der Waals surface area contributed by atoms with E-state index in [-0.39, 0.29) is 57.8 Å². The molecule has 0 bridgehead atoms. The first-order chi connectivity index (χ1) is 11.2. The van der Waals surface area contributed by atoms with Crippen LogP contribution < -0.4 is 5.76 Å². The Morgan fingerprint density at radius 2 is 1.62 bits per heavy atom. The smallest absolute Gasteiger partial charge is 0.296 e. The quantitative estimate of drug-likeness (QED) is 0.783. The molecule has 9 heteroatoms. The van der Waals surface area contributed by atoms with Crippen LogP contribution in [0.25, 0.3) is 0 Å². The summed E-state index contributed by atoms with van der Waals surface area (Å²) >= 11 is 0. The molecule has 1 aromatic heterocycles. The maximum atomic E-state index is 13.2. The number of piperidine rings is 1. The molecule has 1 aliphatic heterocycles. The predicted octanol–water partition coefficient (Wildman–Crippen LogP) is 2.89. The largest absolute Gasteiger partial charge is 0.441 e. The molecule has 5 nitrogen and oxygen atoms in total. The molecule has 0 aromatic carbocycles. The third kappa shape index (κ3) is 4.17. The topological polar surface area (TPSA) is 51.3 Å². The van der Waals surface area contributed by atoms with Crippen LogP contribution in [0.5, 0.6) is 0 Å². The second kappa shape index (κ2) is 6.50. The first-order valence-corrected chi connectivity index (χ1v) is 8.27. The molecule has 0 amide bonds. The lowest BCUT2D eigenvalue weighted by Gasteiger charge is -2.31. The molecule has 2 heterocycles. The van der Waals surface area contributed by atoms with Crippen molar-refractivity contribution in [3.63, 3.8) is 0 Å². The lowest BCUT2D eigenvalue weighted by Crippen LogP contribution is -2.39. The first kappa shape index (κ1) is 17.4. The summed E-state index contributed by atoms with van der Waals surface area (Å²) in [5.41, 5.74) is 0. The van der Waals surface area contributed by atoms with Crippen LogP contribution in [-0.2, 0) is 13.1 Å². The van der Waals surface area contributed by atoms with E-state index in [9.17, 15) is 22.4 Å². The minimum atomic E-state index is -2.63. The lowest BCUT2D eigenvalue weighted by molar-refractivity contribution is -0.0576. The van der Waals surface area contributed by atoms with Crippen LogP contribution in [0.1, 0.15) is 44.3 Å². The number of hydrogen-bond donors (Lipinski definition) is 0. The van der Waals surface area contributed by atoms with E-state index >= 15 is 0 Å². The van der Waals surface area contributed by atoms with Crippen molar-refractivity contribution in [2.45, 2.75) is 63.5 Å².